The molecule has 0 unspecified atom stereocenters. The third kappa shape index (κ3) is 5.61. The standard InChI is InChI=1S/C23H28N2O3S/c1-4-27-21-13-8-5-10-18(21)16-29-23-24-20-12-7-6-11-19(20)22(26)25(23)14-9-15-28-17(2)3/h5-8,10-13,17H,4,9,14-16H2,1-3H3. The molecule has 6 heteroatoms. The van der Waals surface area contributed by atoms with Crippen LogP contribution in [0.25, 0.3) is 10.9 Å². The van der Waals surface area contributed by atoms with E-state index in [9.17, 15) is 4.79 Å². The SMILES string of the molecule is CCOc1ccccc1CSc1nc2ccccc2c(=O)n1CCCOC(C)C. The molecule has 3 aromatic rings. The lowest BCUT2D eigenvalue weighted by Gasteiger charge is -2.15. The molecule has 0 spiro atoms. The number of benzene rings is 2. The van der Waals surface area contributed by atoms with E-state index in [4.69, 9.17) is 14.5 Å². The molecule has 0 fully saturated rings. The summed E-state index contributed by atoms with van der Waals surface area (Å²) in [5.41, 5.74) is 1.82. The highest BCUT2D eigenvalue weighted by Crippen LogP contribution is 2.27. The van der Waals surface area contributed by atoms with Crippen LogP contribution in [0, 0.1) is 0 Å². The van der Waals surface area contributed by atoms with Crippen LogP contribution < -0.4 is 10.3 Å². The van der Waals surface area contributed by atoms with Crippen LogP contribution in [-0.2, 0) is 17.0 Å². The van der Waals surface area contributed by atoms with Crippen LogP contribution in [0.5, 0.6) is 5.75 Å². The summed E-state index contributed by atoms with van der Waals surface area (Å²) >= 11 is 1.56. The zero-order valence-electron chi connectivity index (χ0n) is 17.3. The molecule has 2 aromatic carbocycles. The number of nitrogens with zero attached hydrogens (tertiary/aromatic N) is 2. The van der Waals surface area contributed by atoms with Gasteiger partial charge in [0.2, 0.25) is 0 Å². The van der Waals surface area contributed by atoms with Crippen molar-refractivity contribution in [2.75, 3.05) is 13.2 Å². The van der Waals surface area contributed by atoms with Crippen molar-refractivity contribution >= 4 is 22.7 Å². The molecule has 0 aliphatic rings. The van der Waals surface area contributed by atoms with Gasteiger partial charge in [-0.1, -0.05) is 42.1 Å². The number of thioether (sulfide) groups is 1. The molecule has 0 N–H and O–H groups in total. The smallest absolute Gasteiger partial charge is 0.262 e. The Morgan fingerprint density at radius 3 is 2.66 bits per heavy atom. The van der Waals surface area contributed by atoms with Crippen molar-refractivity contribution in [1.82, 2.24) is 9.55 Å². The van der Waals surface area contributed by atoms with Crippen molar-refractivity contribution in [3.63, 3.8) is 0 Å². The topological polar surface area (TPSA) is 53.3 Å². The first-order valence-electron chi connectivity index (χ1n) is 10.0. The summed E-state index contributed by atoms with van der Waals surface area (Å²) in [6.45, 7) is 7.83. The zero-order chi connectivity index (χ0) is 20.6. The van der Waals surface area contributed by atoms with E-state index in [0.29, 0.717) is 30.9 Å². The van der Waals surface area contributed by atoms with Crippen LogP contribution in [0.4, 0.5) is 0 Å². The molecule has 0 bridgehead atoms. The number of para-hydroxylation sites is 2. The predicted molar refractivity (Wildman–Crippen MR) is 119 cm³/mol. The fraction of sp³-hybridized carbons (Fsp3) is 0.391. The van der Waals surface area contributed by atoms with Gasteiger partial charge in [-0.2, -0.15) is 0 Å². The van der Waals surface area contributed by atoms with E-state index in [0.717, 1.165) is 28.4 Å². The average molecular weight is 413 g/mol. The molecule has 0 atom stereocenters. The summed E-state index contributed by atoms with van der Waals surface area (Å²) in [6, 6.07) is 15.5. The van der Waals surface area contributed by atoms with Crippen molar-refractivity contribution in [3.05, 3.63) is 64.4 Å². The minimum absolute atomic E-state index is 0.000685. The molecule has 0 saturated carbocycles. The van der Waals surface area contributed by atoms with Crippen molar-refractivity contribution in [2.45, 2.75) is 50.8 Å². The fourth-order valence-corrected chi connectivity index (χ4v) is 4.07. The van der Waals surface area contributed by atoms with E-state index in [-0.39, 0.29) is 11.7 Å². The number of rotatable bonds is 10. The Labute approximate surface area is 176 Å². The van der Waals surface area contributed by atoms with Crippen LogP contribution in [0.2, 0.25) is 0 Å². The van der Waals surface area contributed by atoms with Crippen LogP contribution in [-0.4, -0.2) is 28.9 Å². The number of hydrogen-bond acceptors (Lipinski definition) is 5. The van der Waals surface area contributed by atoms with Crippen molar-refractivity contribution in [2.24, 2.45) is 0 Å². The summed E-state index contributed by atoms with van der Waals surface area (Å²) < 4.78 is 13.2. The van der Waals surface area contributed by atoms with Crippen molar-refractivity contribution in [3.8, 4) is 5.75 Å². The first kappa shape index (κ1) is 21.4. The van der Waals surface area contributed by atoms with Gasteiger partial charge in [0.05, 0.1) is 23.6 Å². The molecule has 0 radical (unpaired) electrons. The molecule has 1 aromatic heterocycles. The third-order valence-corrected chi connectivity index (χ3v) is 5.46. The summed E-state index contributed by atoms with van der Waals surface area (Å²) in [7, 11) is 0. The molecule has 0 amide bonds. The van der Waals surface area contributed by atoms with E-state index in [1.54, 1.807) is 16.3 Å². The lowest BCUT2D eigenvalue weighted by molar-refractivity contribution is 0.0743. The van der Waals surface area contributed by atoms with E-state index >= 15 is 0 Å². The first-order valence-corrected chi connectivity index (χ1v) is 11.0. The summed E-state index contributed by atoms with van der Waals surface area (Å²) in [6.07, 6.45) is 0.951. The molecule has 29 heavy (non-hydrogen) atoms. The van der Waals surface area contributed by atoms with E-state index in [1.807, 2.05) is 63.2 Å². The molecule has 3 rings (SSSR count). The Bertz CT molecular complexity index is 1000. The molecule has 0 saturated heterocycles. The van der Waals surface area contributed by atoms with E-state index in [1.165, 1.54) is 0 Å². The summed E-state index contributed by atoms with van der Waals surface area (Å²) in [4.78, 5) is 17.9. The second kappa shape index (κ2) is 10.5. The molecule has 0 aliphatic carbocycles. The Hall–Kier alpha value is -2.31. The maximum atomic E-state index is 13.1. The van der Waals surface area contributed by atoms with Gasteiger partial charge in [0, 0.05) is 24.5 Å². The second-order valence-corrected chi connectivity index (χ2v) is 7.91. The van der Waals surface area contributed by atoms with Crippen LogP contribution in [0.1, 0.15) is 32.8 Å². The maximum absolute atomic E-state index is 13.1. The molecule has 5 nitrogen and oxygen atoms in total. The quantitative estimate of drug-likeness (QED) is 0.269. The van der Waals surface area contributed by atoms with Gasteiger partial charge in [-0.15, -0.1) is 0 Å². The number of fused-ring (bicyclic) bond motifs is 1. The largest absolute Gasteiger partial charge is 0.494 e. The number of hydrogen-bond donors (Lipinski definition) is 0. The predicted octanol–water partition coefficient (Wildman–Crippen LogP) is 4.90. The summed E-state index contributed by atoms with van der Waals surface area (Å²) in [5, 5.41) is 1.38. The van der Waals surface area contributed by atoms with Gasteiger partial charge in [0.1, 0.15) is 5.75 Å². The van der Waals surface area contributed by atoms with Crippen molar-refractivity contribution in [1.29, 1.82) is 0 Å². The van der Waals surface area contributed by atoms with Crippen LogP contribution in [0.15, 0.2) is 58.5 Å². The van der Waals surface area contributed by atoms with Gasteiger partial charge in [0.15, 0.2) is 5.16 Å². The zero-order valence-corrected chi connectivity index (χ0v) is 18.1. The lowest BCUT2D eigenvalue weighted by Crippen LogP contribution is -2.24. The van der Waals surface area contributed by atoms with E-state index < -0.39 is 0 Å². The monoisotopic (exact) mass is 412 g/mol. The van der Waals surface area contributed by atoms with Gasteiger partial charge in [-0.25, -0.2) is 4.98 Å². The minimum Gasteiger partial charge on any atom is -0.494 e. The van der Waals surface area contributed by atoms with Gasteiger partial charge in [-0.05, 0) is 45.4 Å². The van der Waals surface area contributed by atoms with Crippen molar-refractivity contribution < 1.29 is 9.47 Å². The average Bonchev–Trinajstić information content (AvgIpc) is 2.72. The molecular weight excluding hydrogens is 384 g/mol. The van der Waals surface area contributed by atoms with E-state index in [2.05, 4.69) is 6.07 Å². The maximum Gasteiger partial charge on any atom is 0.262 e. The first-order chi connectivity index (χ1) is 14.1. The van der Waals surface area contributed by atoms with Gasteiger partial charge in [0.25, 0.3) is 5.56 Å². The van der Waals surface area contributed by atoms with Gasteiger partial charge < -0.3 is 9.47 Å². The second-order valence-electron chi connectivity index (χ2n) is 6.97. The molecule has 1 heterocycles. The normalized spacial score (nSPS) is 11.3. The Balaban J connectivity index is 1.87. The molecule has 0 aliphatic heterocycles. The van der Waals surface area contributed by atoms with Gasteiger partial charge >= 0.3 is 0 Å². The van der Waals surface area contributed by atoms with Gasteiger partial charge in [-0.3, -0.25) is 9.36 Å². The molecular formula is C23H28N2O3S. The fourth-order valence-electron chi connectivity index (χ4n) is 3.06. The molecule has 154 valence electrons. The lowest BCUT2D eigenvalue weighted by atomic mass is 10.2. The van der Waals surface area contributed by atoms with Crippen LogP contribution in [0.3, 0.4) is 0 Å². The number of aromatic nitrogens is 2. The highest BCUT2D eigenvalue weighted by molar-refractivity contribution is 7.98. The third-order valence-electron chi connectivity index (χ3n) is 4.43. The highest BCUT2D eigenvalue weighted by atomic mass is 32.2. The Kier molecular flexibility index (Phi) is 7.72. The number of ether oxygens (including phenoxy) is 2. The Morgan fingerprint density at radius 2 is 1.86 bits per heavy atom. The Morgan fingerprint density at radius 1 is 1.10 bits per heavy atom. The summed E-state index contributed by atoms with van der Waals surface area (Å²) in [5.74, 6) is 1.56. The minimum atomic E-state index is 0.000685. The highest BCUT2D eigenvalue weighted by Gasteiger charge is 2.13. The van der Waals surface area contributed by atoms with Crippen LogP contribution >= 0.6 is 11.8 Å².